The van der Waals surface area contributed by atoms with Gasteiger partial charge in [0.15, 0.2) is 0 Å². The third-order valence-electron chi connectivity index (χ3n) is 4.72. The van der Waals surface area contributed by atoms with Gasteiger partial charge >= 0.3 is 11.8 Å². The Bertz CT molecular complexity index is 1360. The Morgan fingerprint density at radius 3 is 2.39 bits per heavy atom. The van der Waals surface area contributed by atoms with Crippen LogP contribution in [-0.2, 0) is 9.59 Å². The van der Waals surface area contributed by atoms with Crippen LogP contribution >= 0.6 is 15.9 Å². The molecule has 0 saturated heterocycles. The molecule has 0 atom stereocenters. The van der Waals surface area contributed by atoms with E-state index in [-0.39, 0.29) is 11.3 Å². The first-order chi connectivity index (χ1) is 16.0. The number of amides is 3. The predicted molar refractivity (Wildman–Crippen MR) is 131 cm³/mol. The number of halogens is 1. The molecule has 3 amide bonds. The van der Waals surface area contributed by atoms with Crippen LogP contribution in [0.1, 0.15) is 15.9 Å². The van der Waals surface area contributed by atoms with Gasteiger partial charge in [0.05, 0.1) is 17.5 Å². The molecule has 33 heavy (non-hydrogen) atoms. The zero-order valence-corrected chi connectivity index (χ0v) is 18.7. The van der Waals surface area contributed by atoms with Crippen LogP contribution in [0.25, 0.3) is 10.9 Å². The average molecular weight is 504 g/mol. The van der Waals surface area contributed by atoms with E-state index in [4.69, 9.17) is 0 Å². The summed E-state index contributed by atoms with van der Waals surface area (Å²) < 4.78 is 0.881. The number of hydrogen-bond donors (Lipinski definition) is 4. The van der Waals surface area contributed by atoms with Crippen molar-refractivity contribution in [1.29, 1.82) is 0 Å². The van der Waals surface area contributed by atoms with Crippen LogP contribution in [0.15, 0.2) is 88.6 Å². The number of anilines is 2. The molecule has 0 aliphatic rings. The number of aromatic nitrogens is 1. The molecule has 0 spiro atoms. The zero-order chi connectivity index (χ0) is 23.2. The van der Waals surface area contributed by atoms with E-state index in [9.17, 15) is 14.4 Å². The van der Waals surface area contributed by atoms with Crippen molar-refractivity contribution in [1.82, 2.24) is 10.4 Å². The van der Waals surface area contributed by atoms with Gasteiger partial charge in [-0.25, -0.2) is 5.43 Å². The highest BCUT2D eigenvalue weighted by Crippen LogP contribution is 2.19. The lowest BCUT2D eigenvalue weighted by molar-refractivity contribution is -0.136. The minimum absolute atomic E-state index is 0.202. The van der Waals surface area contributed by atoms with Gasteiger partial charge < -0.3 is 15.6 Å². The van der Waals surface area contributed by atoms with E-state index in [1.54, 1.807) is 48.7 Å². The van der Waals surface area contributed by atoms with Crippen LogP contribution in [0, 0.1) is 0 Å². The Morgan fingerprint density at radius 2 is 1.58 bits per heavy atom. The molecule has 4 rings (SSSR count). The average Bonchev–Trinajstić information content (AvgIpc) is 3.24. The van der Waals surface area contributed by atoms with Crippen LogP contribution < -0.4 is 16.1 Å². The maximum absolute atomic E-state index is 12.7. The fourth-order valence-corrected chi connectivity index (χ4v) is 3.38. The summed E-state index contributed by atoms with van der Waals surface area (Å²) >= 11 is 3.34. The molecule has 0 unspecified atom stereocenters. The quantitative estimate of drug-likeness (QED) is 0.185. The van der Waals surface area contributed by atoms with Crippen molar-refractivity contribution in [3.63, 3.8) is 0 Å². The lowest BCUT2D eigenvalue weighted by Gasteiger charge is -2.11. The summed E-state index contributed by atoms with van der Waals surface area (Å²) in [6.45, 7) is 0. The van der Waals surface area contributed by atoms with Crippen molar-refractivity contribution in [3.8, 4) is 0 Å². The van der Waals surface area contributed by atoms with Crippen molar-refractivity contribution in [2.24, 2.45) is 5.10 Å². The van der Waals surface area contributed by atoms with Crippen LogP contribution in [0.2, 0.25) is 0 Å². The number of fused-ring (bicyclic) bond motifs is 1. The highest BCUT2D eigenvalue weighted by atomic mass is 79.9. The number of carbonyl (C=O) groups excluding carboxylic acids is 3. The third kappa shape index (κ3) is 5.34. The first kappa shape index (κ1) is 22.0. The Labute approximate surface area is 197 Å². The van der Waals surface area contributed by atoms with Gasteiger partial charge in [-0.3, -0.25) is 14.4 Å². The number of rotatable bonds is 5. The monoisotopic (exact) mass is 503 g/mol. The molecule has 4 aromatic rings. The number of carbonyl (C=O) groups is 3. The van der Waals surface area contributed by atoms with Crippen molar-refractivity contribution < 1.29 is 14.4 Å². The predicted octanol–water partition coefficient (Wildman–Crippen LogP) is 4.27. The largest absolute Gasteiger partial charge is 0.361 e. The molecule has 1 heterocycles. The molecular formula is C24H18BrN5O3. The Kier molecular flexibility index (Phi) is 6.61. The number of H-pyrrole nitrogens is 1. The number of nitrogens with one attached hydrogen (secondary N) is 4. The summed E-state index contributed by atoms with van der Waals surface area (Å²) in [6.07, 6.45) is 3.20. The van der Waals surface area contributed by atoms with Crippen LogP contribution in [-0.4, -0.2) is 28.9 Å². The van der Waals surface area contributed by atoms with Crippen molar-refractivity contribution >= 4 is 62.1 Å². The topological polar surface area (TPSA) is 115 Å². The van der Waals surface area contributed by atoms with Gasteiger partial charge in [-0.1, -0.05) is 46.3 Å². The molecule has 9 heteroatoms. The minimum Gasteiger partial charge on any atom is -0.361 e. The second-order valence-electron chi connectivity index (χ2n) is 6.95. The smallest absolute Gasteiger partial charge is 0.329 e. The van der Waals surface area contributed by atoms with E-state index in [1.165, 1.54) is 12.3 Å². The summed E-state index contributed by atoms with van der Waals surface area (Å²) in [4.78, 5) is 40.3. The number of benzene rings is 3. The van der Waals surface area contributed by atoms with E-state index in [0.29, 0.717) is 5.69 Å². The SMILES string of the molecule is O=C(N/N=C\c1c[nH]c2ccccc12)C(=O)Nc1ccccc1C(=O)Nc1ccc(Br)cc1. The molecule has 0 saturated carbocycles. The molecule has 3 aromatic carbocycles. The van der Waals surface area contributed by atoms with E-state index in [0.717, 1.165) is 20.9 Å². The van der Waals surface area contributed by atoms with Gasteiger partial charge in [-0.2, -0.15) is 5.10 Å². The first-order valence-electron chi connectivity index (χ1n) is 9.88. The Balaban J connectivity index is 1.40. The standard InChI is InChI=1S/C24H18BrN5O3/c25-16-9-11-17(12-10-16)28-22(31)19-6-2-4-8-21(19)29-23(32)24(33)30-27-14-15-13-26-20-7-3-1-5-18(15)20/h1-14,26H,(H,28,31)(H,29,32)(H,30,33)/b27-14-. The van der Waals surface area contributed by atoms with E-state index in [2.05, 4.69) is 42.1 Å². The van der Waals surface area contributed by atoms with E-state index in [1.807, 2.05) is 24.3 Å². The van der Waals surface area contributed by atoms with Gasteiger partial charge in [-0.15, -0.1) is 0 Å². The number of aromatic amines is 1. The van der Waals surface area contributed by atoms with Crippen molar-refractivity contribution in [2.45, 2.75) is 0 Å². The molecule has 0 fully saturated rings. The summed E-state index contributed by atoms with van der Waals surface area (Å²) in [6, 6.07) is 21.1. The van der Waals surface area contributed by atoms with Gasteiger partial charge in [0, 0.05) is 32.8 Å². The molecule has 0 radical (unpaired) electrons. The molecule has 0 bridgehead atoms. The lowest BCUT2D eigenvalue weighted by atomic mass is 10.1. The lowest BCUT2D eigenvalue weighted by Crippen LogP contribution is -2.33. The summed E-state index contributed by atoms with van der Waals surface area (Å²) in [7, 11) is 0. The van der Waals surface area contributed by atoms with E-state index >= 15 is 0 Å². The maximum Gasteiger partial charge on any atom is 0.329 e. The molecule has 1 aromatic heterocycles. The normalized spacial score (nSPS) is 10.8. The molecule has 0 aliphatic heterocycles. The Hall–Kier alpha value is -4.24. The van der Waals surface area contributed by atoms with Gasteiger partial charge in [-0.05, 0) is 42.5 Å². The number of para-hydroxylation sites is 2. The van der Waals surface area contributed by atoms with Gasteiger partial charge in [0.25, 0.3) is 5.91 Å². The highest BCUT2D eigenvalue weighted by Gasteiger charge is 2.18. The van der Waals surface area contributed by atoms with Crippen molar-refractivity contribution in [3.05, 3.63) is 94.6 Å². The number of nitrogens with zero attached hydrogens (tertiary/aromatic N) is 1. The maximum atomic E-state index is 12.7. The van der Waals surface area contributed by atoms with Crippen LogP contribution in [0.3, 0.4) is 0 Å². The fraction of sp³-hybridized carbons (Fsp3) is 0. The zero-order valence-electron chi connectivity index (χ0n) is 17.1. The van der Waals surface area contributed by atoms with E-state index < -0.39 is 17.7 Å². The van der Waals surface area contributed by atoms with Gasteiger partial charge in [0.1, 0.15) is 0 Å². The van der Waals surface area contributed by atoms with Crippen LogP contribution in [0.4, 0.5) is 11.4 Å². The summed E-state index contributed by atoms with van der Waals surface area (Å²) in [5, 5.41) is 10.0. The second-order valence-corrected chi connectivity index (χ2v) is 7.87. The molecular weight excluding hydrogens is 486 g/mol. The minimum atomic E-state index is -0.964. The van der Waals surface area contributed by atoms with Crippen molar-refractivity contribution in [2.75, 3.05) is 10.6 Å². The highest BCUT2D eigenvalue weighted by molar-refractivity contribution is 9.10. The fourth-order valence-electron chi connectivity index (χ4n) is 3.11. The molecule has 164 valence electrons. The second kappa shape index (κ2) is 9.92. The molecule has 8 nitrogen and oxygen atoms in total. The summed E-state index contributed by atoms with van der Waals surface area (Å²) in [5.41, 5.74) is 4.90. The third-order valence-corrected chi connectivity index (χ3v) is 5.25. The van der Waals surface area contributed by atoms with Gasteiger partial charge in [0.2, 0.25) is 0 Å². The number of hydrogen-bond acceptors (Lipinski definition) is 4. The Morgan fingerprint density at radius 1 is 0.848 bits per heavy atom. The molecule has 0 aliphatic carbocycles. The summed E-state index contributed by atoms with van der Waals surface area (Å²) in [5.74, 6) is -2.34. The van der Waals surface area contributed by atoms with Crippen LogP contribution in [0.5, 0.6) is 0 Å². The molecule has 4 N–H and O–H groups in total. The number of hydrazone groups is 1. The first-order valence-corrected chi connectivity index (χ1v) is 10.7.